The molecule has 1 aromatic carbocycles. The number of H-pyrrole nitrogens is 1. The van der Waals surface area contributed by atoms with E-state index in [1.54, 1.807) is 0 Å². The molecule has 108 valence electrons. The van der Waals surface area contributed by atoms with Gasteiger partial charge in [0.1, 0.15) is 11.0 Å². The Bertz CT molecular complexity index is 823. The molecule has 0 bridgehead atoms. The SMILES string of the molecule is Clc1nc(N2CCCCC2)c2[nH]c3ccc(Br)cc3c2n1. The van der Waals surface area contributed by atoms with Crippen molar-refractivity contribution >= 4 is 55.3 Å². The third kappa shape index (κ3) is 2.28. The fraction of sp³-hybridized carbons (Fsp3) is 0.333. The molecule has 1 aliphatic rings. The van der Waals surface area contributed by atoms with Crippen LogP contribution in [-0.2, 0) is 0 Å². The maximum atomic E-state index is 6.17. The summed E-state index contributed by atoms with van der Waals surface area (Å²) >= 11 is 9.68. The van der Waals surface area contributed by atoms with E-state index in [0.29, 0.717) is 5.28 Å². The molecule has 1 aliphatic heterocycles. The number of hydrogen-bond donors (Lipinski definition) is 1. The Kier molecular flexibility index (Phi) is 3.27. The molecule has 0 aliphatic carbocycles. The van der Waals surface area contributed by atoms with Crippen molar-refractivity contribution in [3.8, 4) is 0 Å². The number of aromatic nitrogens is 3. The zero-order valence-corrected chi connectivity index (χ0v) is 13.7. The van der Waals surface area contributed by atoms with Crippen LogP contribution in [0.4, 0.5) is 5.82 Å². The van der Waals surface area contributed by atoms with E-state index in [-0.39, 0.29) is 0 Å². The second-order valence-electron chi connectivity index (χ2n) is 5.40. The summed E-state index contributed by atoms with van der Waals surface area (Å²) in [6.45, 7) is 2.06. The zero-order chi connectivity index (χ0) is 14.4. The second kappa shape index (κ2) is 5.14. The molecule has 4 rings (SSSR count). The lowest BCUT2D eigenvalue weighted by molar-refractivity contribution is 0.574. The fourth-order valence-electron chi connectivity index (χ4n) is 3.02. The van der Waals surface area contributed by atoms with Crippen LogP contribution in [0.3, 0.4) is 0 Å². The third-order valence-corrected chi connectivity index (χ3v) is 4.68. The van der Waals surface area contributed by atoms with Gasteiger partial charge in [-0.05, 0) is 49.1 Å². The summed E-state index contributed by atoms with van der Waals surface area (Å²) < 4.78 is 1.03. The number of hydrogen-bond acceptors (Lipinski definition) is 3. The summed E-state index contributed by atoms with van der Waals surface area (Å²) in [6, 6.07) is 6.14. The van der Waals surface area contributed by atoms with Crippen molar-refractivity contribution in [2.45, 2.75) is 19.3 Å². The Balaban J connectivity index is 1.99. The molecule has 0 radical (unpaired) electrons. The van der Waals surface area contributed by atoms with Crippen molar-refractivity contribution < 1.29 is 0 Å². The minimum atomic E-state index is 0.309. The predicted octanol–water partition coefficient (Wildman–Crippen LogP) is 4.52. The highest BCUT2D eigenvalue weighted by Crippen LogP contribution is 2.33. The first-order valence-corrected chi connectivity index (χ1v) is 8.29. The molecule has 0 unspecified atom stereocenters. The number of aromatic amines is 1. The van der Waals surface area contributed by atoms with Gasteiger partial charge in [-0.2, -0.15) is 4.98 Å². The standard InChI is InChI=1S/C15H14BrClN4/c16-9-4-5-11-10(8-9)12-13(18-11)14(20-15(17)19-12)21-6-2-1-3-7-21/h4-5,8,18H,1-3,6-7H2. The first-order chi connectivity index (χ1) is 10.2. The molecule has 0 spiro atoms. The van der Waals surface area contributed by atoms with Gasteiger partial charge >= 0.3 is 0 Å². The summed E-state index contributed by atoms with van der Waals surface area (Å²) in [7, 11) is 0. The van der Waals surface area contributed by atoms with Crippen molar-refractivity contribution in [3.63, 3.8) is 0 Å². The summed E-state index contributed by atoms with van der Waals surface area (Å²) in [6.07, 6.45) is 3.70. The molecule has 0 saturated carbocycles. The molecule has 3 aromatic rings. The van der Waals surface area contributed by atoms with Gasteiger partial charge in [0, 0.05) is 28.5 Å². The Labute approximate surface area is 135 Å². The van der Waals surface area contributed by atoms with Gasteiger partial charge in [0.2, 0.25) is 5.28 Å². The number of anilines is 1. The van der Waals surface area contributed by atoms with Crippen molar-refractivity contribution in [2.75, 3.05) is 18.0 Å². The van der Waals surface area contributed by atoms with Crippen LogP contribution in [0, 0.1) is 0 Å². The normalized spacial score (nSPS) is 16.0. The summed E-state index contributed by atoms with van der Waals surface area (Å²) in [5, 5.41) is 1.38. The van der Waals surface area contributed by atoms with Crippen LogP contribution in [0.1, 0.15) is 19.3 Å². The van der Waals surface area contributed by atoms with Crippen molar-refractivity contribution in [3.05, 3.63) is 28.0 Å². The van der Waals surface area contributed by atoms with Gasteiger partial charge < -0.3 is 9.88 Å². The first kappa shape index (κ1) is 13.3. The molecule has 3 heterocycles. The highest BCUT2D eigenvalue weighted by atomic mass is 79.9. The number of nitrogens with zero attached hydrogens (tertiary/aromatic N) is 3. The third-order valence-electron chi connectivity index (χ3n) is 4.01. The number of fused-ring (bicyclic) bond motifs is 3. The molecule has 4 nitrogen and oxygen atoms in total. The van der Waals surface area contributed by atoms with E-state index in [1.807, 2.05) is 6.07 Å². The minimum absolute atomic E-state index is 0.309. The molecule has 1 fully saturated rings. The smallest absolute Gasteiger partial charge is 0.225 e. The molecule has 0 amide bonds. The van der Waals surface area contributed by atoms with E-state index < -0.39 is 0 Å². The topological polar surface area (TPSA) is 44.8 Å². The minimum Gasteiger partial charge on any atom is -0.355 e. The predicted molar refractivity (Wildman–Crippen MR) is 90.2 cm³/mol. The quantitative estimate of drug-likeness (QED) is 0.645. The molecule has 2 aromatic heterocycles. The molecule has 1 saturated heterocycles. The highest BCUT2D eigenvalue weighted by Gasteiger charge is 2.19. The Morgan fingerprint density at radius 2 is 1.95 bits per heavy atom. The molecule has 1 N–H and O–H groups in total. The molecule has 6 heteroatoms. The Morgan fingerprint density at radius 3 is 2.76 bits per heavy atom. The number of benzene rings is 1. The van der Waals surface area contributed by atoms with Crippen LogP contribution in [0.2, 0.25) is 5.28 Å². The molecule has 21 heavy (non-hydrogen) atoms. The maximum absolute atomic E-state index is 6.17. The number of halogens is 2. The lowest BCUT2D eigenvalue weighted by Gasteiger charge is -2.27. The van der Waals surface area contributed by atoms with Crippen molar-refractivity contribution in [1.29, 1.82) is 0 Å². The van der Waals surface area contributed by atoms with E-state index in [1.165, 1.54) is 19.3 Å². The molecule has 0 atom stereocenters. The summed E-state index contributed by atoms with van der Waals surface area (Å²) in [5.41, 5.74) is 2.93. The average molecular weight is 366 g/mol. The molecular formula is C15H14BrClN4. The van der Waals surface area contributed by atoms with E-state index in [9.17, 15) is 0 Å². The van der Waals surface area contributed by atoms with Gasteiger partial charge in [-0.3, -0.25) is 0 Å². The van der Waals surface area contributed by atoms with Crippen LogP contribution in [0.25, 0.3) is 21.9 Å². The number of piperidine rings is 1. The van der Waals surface area contributed by atoms with Gasteiger partial charge in [-0.25, -0.2) is 4.98 Å². The summed E-state index contributed by atoms with van der Waals surface area (Å²) in [5.74, 6) is 0.928. The lowest BCUT2D eigenvalue weighted by atomic mass is 10.1. The van der Waals surface area contributed by atoms with Gasteiger partial charge in [-0.15, -0.1) is 0 Å². The Hall–Kier alpha value is -1.33. The van der Waals surface area contributed by atoms with Crippen LogP contribution < -0.4 is 4.90 Å². The second-order valence-corrected chi connectivity index (χ2v) is 6.66. The Morgan fingerprint density at radius 1 is 1.14 bits per heavy atom. The number of nitrogens with one attached hydrogen (secondary N) is 1. The van der Waals surface area contributed by atoms with Gasteiger partial charge in [0.25, 0.3) is 0 Å². The van der Waals surface area contributed by atoms with Gasteiger partial charge in [0.15, 0.2) is 5.82 Å². The van der Waals surface area contributed by atoms with E-state index >= 15 is 0 Å². The van der Waals surface area contributed by atoms with E-state index in [0.717, 1.165) is 45.3 Å². The van der Waals surface area contributed by atoms with E-state index in [2.05, 4.69) is 47.9 Å². The van der Waals surface area contributed by atoms with E-state index in [4.69, 9.17) is 11.6 Å². The fourth-order valence-corrected chi connectivity index (χ4v) is 3.55. The van der Waals surface area contributed by atoms with Crippen LogP contribution in [0.15, 0.2) is 22.7 Å². The van der Waals surface area contributed by atoms with Crippen LogP contribution in [0.5, 0.6) is 0 Å². The summed E-state index contributed by atoms with van der Waals surface area (Å²) in [4.78, 5) is 14.7. The highest BCUT2D eigenvalue weighted by molar-refractivity contribution is 9.10. The number of rotatable bonds is 1. The lowest BCUT2D eigenvalue weighted by Crippen LogP contribution is -2.30. The average Bonchev–Trinajstić information content (AvgIpc) is 2.85. The van der Waals surface area contributed by atoms with Gasteiger partial charge in [-0.1, -0.05) is 15.9 Å². The zero-order valence-electron chi connectivity index (χ0n) is 11.4. The maximum Gasteiger partial charge on any atom is 0.225 e. The largest absolute Gasteiger partial charge is 0.355 e. The van der Waals surface area contributed by atoms with Crippen molar-refractivity contribution in [2.24, 2.45) is 0 Å². The van der Waals surface area contributed by atoms with Gasteiger partial charge in [0.05, 0.1) is 0 Å². The molecular weight excluding hydrogens is 352 g/mol. The van der Waals surface area contributed by atoms with Crippen LogP contribution >= 0.6 is 27.5 Å². The monoisotopic (exact) mass is 364 g/mol. The van der Waals surface area contributed by atoms with Crippen LogP contribution in [-0.4, -0.2) is 28.0 Å². The first-order valence-electron chi connectivity index (χ1n) is 7.12. The van der Waals surface area contributed by atoms with Crippen molar-refractivity contribution in [1.82, 2.24) is 15.0 Å².